The minimum Gasteiger partial charge on any atom is -0.396 e. The van der Waals surface area contributed by atoms with Crippen molar-refractivity contribution in [3.63, 3.8) is 0 Å². The van der Waals surface area contributed by atoms with E-state index in [1.54, 1.807) is 12.1 Å². The van der Waals surface area contributed by atoms with E-state index < -0.39 is 5.91 Å². The fourth-order valence-electron chi connectivity index (χ4n) is 2.56. The Bertz CT molecular complexity index is 461. The zero-order valence-electron chi connectivity index (χ0n) is 11.4. The van der Waals surface area contributed by atoms with E-state index in [9.17, 15) is 4.79 Å². The quantitative estimate of drug-likeness (QED) is 0.694. The van der Waals surface area contributed by atoms with Gasteiger partial charge in [-0.1, -0.05) is 13.0 Å². The Kier molecular flexibility index (Phi) is 4.27. The maximum absolute atomic E-state index is 11.2. The van der Waals surface area contributed by atoms with Gasteiger partial charge in [0, 0.05) is 13.1 Å². The number of amides is 1. The Morgan fingerprint density at radius 2 is 2.32 bits per heavy atom. The van der Waals surface area contributed by atoms with Crippen LogP contribution in [0.1, 0.15) is 23.7 Å². The average molecular weight is 262 g/mol. The number of primary amides is 1. The summed E-state index contributed by atoms with van der Waals surface area (Å²) in [5.74, 6) is 0.149. The summed E-state index contributed by atoms with van der Waals surface area (Å²) in [6, 6.07) is 5.33. The molecule has 1 atom stereocenters. The number of para-hydroxylation sites is 1. The number of carbonyl (C=O) groups excluding carboxylic acids is 1. The van der Waals surface area contributed by atoms with Gasteiger partial charge in [0.25, 0.3) is 5.91 Å². The minimum absolute atomic E-state index is 0.381. The molecule has 1 amide bonds. The Balaban J connectivity index is 1.97. The first-order chi connectivity index (χ1) is 9.11. The number of nitrogens with two attached hydrogens (primary N) is 2. The van der Waals surface area contributed by atoms with Crippen molar-refractivity contribution in [2.75, 3.05) is 37.2 Å². The first kappa shape index (κ1) is 13.7. The number of anilines is 2. The lowest BCUT2D eigenvalue weighted by Crippen LogP contribution is -2.23. The van der Waals surface area contributed by atoms with Crippen molar-refractivity contribution in [3.8, 4) is 0 Å². The third-order valence-electron chi connectivity index (χ3n) is 3.77. The van der Waals surface area contributed by atoms with E-state index in [1.165, 1.54) is 13.0 Å². The van der Waals surface area contributed by atoms with Crippen LogP contribution in [0.15, 0.2) is 18.2 Å². The number of carbonyl (C=O) groups is 1. The zero-order chi connectivity index (χ0) is 13.8. The smallest absolute Gasteiger partial charge is 0.250 e. The molecule has 1 aliphatic heterocycles. The van der Waals surface area contributed by atoms with Gasteiger partial charge in [0.15, 0.2) is 0 Å². The lowest BCUT2D eigenvalue weighted by molar-refractivity contribution is 0.100. The van der Waals surface area contributed by atoms with Crippen molar-refractivity contribution < 1.29 is 4.79 Å². The number of nitrogen functional groups attached to an aromatic ring is 1. The van der Waals surface area contributed by atoms with Gasteiger partial charge in [0.1, 0.15) is 0 Å². The third kappa shape index (κ3) is 3.17. The number of likely N-dealkylation sites (tertiary alicyclic amines) is 1. The molecule has 5 nitrogen and oxygen atoms in total. The third-order valence-corrected chi connectivity index (χ3v) is 3.77. The molecular formula is C14H22N4O. The van der Waals surface area contributed by atoms with Crippen LogP contribution in [-0.4, -0.2) is 37.0 Å². The maximum atomic E-state index is 11.2. The van der Waals surface area contributed by atoms with Crippen molar-refractivity contribution in [3.05, 3.63) is 23.8 Å². The van der Waals surface area contributed by atoms with E-state index in [2.05, 4.69) is 17.1 Å². The molecule has 1 aromatic carbocycles. The standard InChI is InChI=1S/C14H22N4O/c1-2-18-7-6-10(9-18)8-17-12-5-3-4-11(13(12)15)14(16)19/h3-5,10,17H,2,6-9,15H2,1H3,(H2,16,19). The average Bonchev–Trinajstić information content (AvgIpc) is 2.85. The second-order valence-electron chi connectivity index (χ2n) is 5.06. The van der Waals surface area contributed by atoms with Gasteiger partial charge in [0.2, 0.25) is 0 Å². The van der Waals surface area contributed by atoms with Crippen LogP contribution >= 0.6 is 0 Å². The van der Waals surface area contributed by atoms with Crippen LogP contribution in [0, 0.1) is 5.92 Å². The summed E-state index contributed by atoms with van der Waals surface area (Å²) in [6.07, 6.45) is 1.20. The molecular weight excluding hydrogens is 240 g/mol. The molecule has 104 valence electrons. The number of hydrogen-bond acceptors (Lipinski definition) is 4. The van der Waals surface area contributed by atoms with Gasteiger partial charge in [-0.15, -0.1) is 0 Å². The topological polar surface area (TPSA) is 84.4 Å². The summed E-state index contributed by atoms with van der Waals surface area (Å²) in [6.45, 7) is 6.46. The van der Waals surface area contributed by atoms with Gasteiger partial charge in [-0.3, -0.25) is 4.79 Å². The van der Waals surface area contributed by atoms with E-state index in [-0.39, 0.29) is 0 Å². The summed E-state index contributed by atoms with van der Waals surface area (Å²) in [7, 11) is 0. The van der Waals surface area contributed by atoms with Gasteiger partial charge >= 0.3 is 0 Å². The van der Waals surface area contributed by atoms with Crippen LogP contribution in [0.5, 0.6) is 0 Å². The molecule has 5 heteroatoms. The van der Waals surface area contributed by atoms with Crippen molar-refractivity contribution >= 4 is 17.3 Å². The summed E-state index contributed by atoms with van der Waals surface area (Å²) in [4.78, 5) is 13.7. The van der Waals surface area contributed by atoms with E-state index in [0.29, 0.717) is 17.2 Å². The van der Waals surface area contributed by atoms with Gasteiger partial charge in [0.05, 0.1) is 16.9 Å². The number of rotatable bonds is 5. The Labute approximate surface area is 113 Å². The number of benzene rings is 1. The SMILES string of the molecule is CCN1CCC(CNc2cccc(C(N)=O)c2N)C1. The molecule has 0 aromatic heterocycles. The Hall–Kier alpha value is -1.75. The minimum atomic E-state index is -0.487. The first-order valence-electron chi connectivity index (χ1n) is 6.76. The molecule has 2 rings (SSSR count). The lowest BCUT2D eigenvalue weighted by Gasteiger charge is -2.16. The fraction of sp³-hybridized carbons (Fsp3) is 0.500. The van der Waals surface area contributed by atoms with Crippen LogP contribution < -0.4 is 16.8 Å². The predicted octanol–water partition coefficient (Wildman–Crippen LogP) is 1.12. The molecule has 5 N–H and O–H groups in total. The van der Waals surface area contributed by atoms with Crippen LogP contribution in [0.3, 0.4) is 0 Å². The van der Waals surface area contributed by atoms with Crippen molar-refractivity contribution in [2.45, 2.75) is 13.3 Å². The molecule has 1 aromatic rings. The van der Waals surface area contributed by atoms with Crippen molar-refractivity contribution in [2.24, 2.45) is 11.7 Å². The number of nitrogens with zero attached hydrogens (tertiary/aromatic N) is 1. The highest BCUT2D eigenvalue weighted by atomic mass is 16.1. The van der Waals surface area contributed by atoms with Crippen LogP contribution in [-0.2, 0) is 0 Å². The van der Waals surface area contributed by atoms with Gasteiger partial charge < -0.3 is 21.7 Å². The second kappa shape index (κ2) is 5.93. The number of nitrogens with one attached hydrogen (secondary N) is 1. The first-order valence-corrected chi connectivity index (χ1v) is 6.76. The van der Waals surface area contributed by atoms with E-state index in [1.807, 2.05) is 6.07 Å². The highest BCUT2D eigenvalue weighted by molar-refractivity contribution is 6.00. The summed E-state index contributed by atoms with van der Waals surface area (Å²) in [5, 5.41) is 3.34. The van der Waals surface area contributed by atoms with Crippen molar-refractivity contribution in [1.29, 1.82) is 0 Å². The fourth-order valence-corrected chi connectivity index (χ4v) is 2.56. The zero-order valence-corrected chi connectivity index (χ0v) is 11.4. The molecule has 1 heterocycles. The van der Waals surface area contributed by atoms with Crippen molar-refractivity contribution in [1.82, 2.24) is 4.90 Å². The van der Waals surface area contributed by atoms with E-state index in [4.69, 9.17) is 11.5 Å². The molecule has 1 saturated heterocycles. The second-order valence-corrected chi connectivity index (χ2v) is 5.06. The molecule has 0 saturated carbocycles. The van der Waals surface area contributed by atoms with E-state index >= 15 is 0 Å². The summed E-state index contributed by atoms with van der Waals surface area (Å²) < 4.78 is 0. The Morgan fingerprint density at radius 3 is 2.95 bits per heavy atom. The van der Waals surface area contributed by atoms with Crippen LogP contribution in [0.25, 0.3) is 0 Å². The van der Waals surface area contributed by atoms with Gasteiger partial charge in [-0.05, 0) is 37.6 Å². The maximum Gasteiger partial charge on any atom is 0.250 e. The molecule has 1 fully saturated rings. The predicted molar refractivity (Wildman–Crippen MR) is 78.1 cm³/mol. The molecule has 1 unspecified atom stereocenters. The summed E-state index contributed by atoms with van der Waals surface area (Å²) in [5.41, 5.74) is 12.9. The molecule has 1 aliphatic rings. The molecule has 0 aliphatic carbocycles. The molecule has 0 bridgehead atoms. The largest absolute Gasteiger partial charge is 0.396 e. The van der Waals surface area contributed by atoms with Gasteiger partial charge in [-0.25, -0.2) is 0 Å². The van der Waals surface area contributed by atoms with Crippen LogP contribution in [0.2, 0.25) is 0 Å². The molecule has 19 heavy (non-hydrogen) atoms. The molecule has 0 spiro atoms. The van der Waals surface area contributed by atoms with Gasteiger partial charge in [-0.2, -0.15) is 0 Å². The number of hydrogen-bond donors (Lipinski definition) is 3. The van der Waals surface area contributed by atoms with Crippen LogP contribution in [0.4, 0.5) is 11.4 Å². The monoisotopic (exact) mass is 262 g/mol. The summed E-state index contributed by atoms with van der Waals surface area (Å²) >= 11 is 0. The highest BCUT2D eigenvalue weighted by Crippen LogP contribution is 2.24. The molecule has 0 radical (unpaired) electrons. The highest BCUT2D eigenvalue weighted by Gasteiger charge is 2.21. The normalized spacial score (nSPS) is 19.5. The Morgan fingerprint density at radius 1 is 1.53 bits per heavy atom. The van der Waals surface area contributed by atoms with E-state index in [0.717, 1.165) is 25.3 Å². The lowest BCUT2D eigenvalue weighted by atomic mass is 10.1.